The molecule has 36 heavy (non-hydrogen) atoms. The van der Waals surface area contributed by atoms with E-state index in [4.69, 9.17) is 22.2 Å². The molecular formula is C25H21ClF3N5O2. The molecule has 0 fully saturated rings. The molecule has 7 nitrogen and oxygen atoms in total. The van der Waals surface area contributed by atoms with Gasteiger partial charge in [-0.1, -0.05) is 17.7 Å². The fourth-order valence-corrected chi connectivity index (χ4v) is 4.11. The molecule has 2 heterocycles. The lowest BCUT2D eigenvalue weighted by atomic mass is 10.0. The van der Waals surface area contributed by atoms with E-state index in [1.54, 1.807) is 29.1 Å². The van der Waals surface area contributed by atoms with E-state index < -0.39 is 29.1 Å². The van der Waals surface area contributed by atoms with Gasteiger partial charge in [-0.25, -0.2) is 18.2 Å². The van der Waals surface area contributed by atoms with Gasteiger partial charge in [0, 0.05) is 18.0 Å². The second-order valence-electron chi connectivity index (χ2n) is 8.05. The monoisotopic (exact) mass is 515 g/mol. The van der Waals surface area contributed by atoms with Crippen LogP contribution in [0, 0.1) is 24.4 Å². The predicted molar refractivity (Wildman–Crippen MR) is 131 cm³/mol. The Morgan fingerprint density at radius 3 is 2.42 bits per heavy atom. The number of aryl methyl sites for hydroxylation is 1. The maximum Gasteiger partial charge on any atom is 0.260 e. The highest BCUT2D eigenvalue weighted by Gasteiger charge is 2.21. The topological polar surface area (TPSA) is 87.4 Å². The van der Waals surface area contributed by atoms with Crippen molar-refractivity contribution in [2.24, 2.45) is 10.9 Å². The van der Waals surface area contributed by atoms with Gasteiger partial charge in [-0.2, -0.15) is 5.10 Å². The predicted octanol–water partition coefficient (Wildman–Crippen LogP) is 4.74. The molecule has 0 saturated heterocycles. The van der Waals surface area contributed by atoms with Gasteiger partial charge in [0.2, 0.25) is 0 Å². The van der Waals surface area contributed by atoms with Crippen LogP contribution in [-0.4, -0.2) is 26.9 Å². The van der Waals surface area contributed by atoms with Crippen molar-refractivity contribution in [3.05, 3.63) is 110 Å². The van der Waals surface area contributed by atoms with Crippen molar-refractivity contribution in [3.8, 4) is 11.4 Å². The Morgan fingerprint density at radius 1 is 1.14 bits per heavy atom. The maximum absolute atomic E-state index is 13.8. The van der Waals surface area contributed by atoms with Gasteiger partial charge in [0.05, 0.1) is 41.4 Å². The number of benzene rings is 2. The van der Waals surface area contributed by atoms with Crippen molar-refractivity contribution < 1.29 is 17.9 Å². The van der Waals surface area contributed by atoms with Gasteiger partial charge in [-0.15, -0.1) is 0 Å². The van der Waals surface area contributed by atoms with E-state index in [-0.39, 0.29) is 21.9 Å². The van der Waals surface area contributed by atoms with Crippen LogP contribution in [0.4, 0.5) is 13.2 Å². The molecule has 0 radical (unpaired) electrons. The van der Waals surface area contributed by atoms with Gasteiger partial charge in [0.25, 0.3) is 5.56 Å². The molecule has 0 aliphatic rings. The first-order chi connectivity index (χ1) is 17.1. The molecule has 1 unspecified atom stereocenters. The number of nitrogens with two attached hydrogens (primary N) is 1. The summed E-state index contributed by atoms with van der Waals surface area (Å²) in [6.07, 6.45) is 4.78. The van der Waals surface area contributed by atoms with Gasteiger partial charge in [-0.05, 0) is 49.7 Å². The minimum Gasteiger partial charge on any atom is -0.495 e. The molecule has 4 aromatic rings. The quantitative estimate of drug-likeness (QED) is 0.174. The number of methoxy groups -OCH3 is 1. The number of hydrazone groups is 1. The Labute approximate surface area is 209 Å². The number of pyridine rings is 1. The summed E-state index contributed by atoms with van der Waals surface area (Å²) in [5.41, 5.74) is 1.62. The Morgan fingerprint density at radius 2 is 1.83 bits per heavy atom. The normalized spacial score (nSPS) is 12.6. The van der Waals surface area contributed by atoms with Gasteiger partial charge in [-0.3, -0.25) is 4.79 Å². The van der Waals surface area contributed by atoms with Crippen molar-refractivity contribution in [2.75, 3.05) is 7.11 Å². The zero-order chi connectivity index (χ0) is 26.1. The van der Waals surface area contributed by atoms with Crippen molar-refractivity contribution in [1.29, 1.82) is 0 Å². The van der Waals surface area contributed by atoms with Crippen LogP contribution in [0.25, 0.3) is 5.69 Å². The summed E-state index contributed by atoms with van der Waals surface area (Å²) in [7, 11) is 1.50. The molecule has 2 aromatic carbocycles. The fourth-order valence-electron chi connectivity index (χ4n) is 3.89. The Bertz CT molecular complexity index is 1520. The lowest BCUT2D eigenvalue weighted by Gasteiger charge is -2.18. The minimum atomic E-state index is -1.59. The minimum absolute atomic E-state index is 0.0367. The second kappa shape index (κ2) is 9.90. The van der Waals surface area contributed by atoms with Crippen molar-refractivity contribution in [1.82, 2.24) is 14.1 Å². The molecule has 0 aliphatic carbocycles. The van der Waals surface area contributed by atoms with E-state index in [0.717, 1.165) is 17.8 Å². The number of imidazole rings is 1. The third kappa shape index (κ3) is 4.59. The van der Waals surface area contributed by atoms with Crippen LogP contribution in [0.3, 0.4) is 0 Å². The molecule has 2 N–H and O–H groups in total. The molecule has 186 valence electrons. The Kier molecular flexibility index (Phi) is 6.89. The van der Waals surface area contributed by atoms with E-state index >= 15 is 0 Å². The van der Waals surface area contributed by atoms with Gasteiger partial charge < -0.3 is 19.7 Å². The summed E-state index contributed by atoms with van der Waals surface area (Å²) >= 11 is 6.30. The molecule has 4 rings (SSSR count). The number of ether oxygens (including phenoxy) is 1. The zero-order valence-electron chi connectivity index (χ0n) is 19.5. The van der Waals surface area contributed by atoms with Crippen LogP contribution >= 0.6 is 11.6 Å². The summed E-state index contributed by atoms with van der Waals surface area (Å²) in [4.78, 5) is 17.7. The average molecular weight is 516 g/mol. The van der Waals surface area contributed by atoms with Crippen molar-refractivity contribution >= 4 is 17.3 Å². The summed E-state index contributed by atoms with van der Waals surface area (Å²) < 4.78 is 49.6. The van der Waals surface area contributed by atoms with Gasteiger partial charge >= 0.3 is 0 Å². The summed E-state index contributed by atoms with van der Waals surface area (Å²) in [6, 6.07) is 7.29. The zero-order valence-corrected chi connectivity index (χ0v) is 20.2. The smallest absolute Gasteiger partial charge is 0.260 e. The summed E-state index contributed by atoms with van der Waals surface area (Å²) in [5, 5.41) is 3.98. The number of hydrogen-bond donors (Lipinski definition) is 1. The van der Waals surface area contributed by atoms with Crippen LogP contribution in [0.5, 0.6) is 5.75 Å². The lowest BCUT2D eigenvalue weighted by Crippen LogP contribution is -2.30. The van der Waals surface area contributed by atoms with Crippen LogP contribution in [0.2, 0.25) is 5.02 Å². The third-order valence-corrected chi connectivity index (χ3v) is 5.95. The van der Waals surface area contributed by atoms with E-state index in [1.165, 1.54) is 30.9 Å². The van der Waals surface area contributed by atoms with Crippen LogP contribution < -0.4 is 16.1 Å². The van der Waals surface area contributed by atoms with E-state index in [0.29, 0.717) is 17.0 Å². The number of rotatable bonds is 6. The highest BCUT2D eigenvalue weighted by atomic mass is 35.5. The molecule has 0 bridgehead atoms. The molecule has 0 spiro atoms. The Balaban J connectivity index is 1.80. The van der Waals surface area contributed by atoms with Gasteiger partial charge in [0.1, 0.15) is 11.5 Å². The third-order valence-electron chi connectivity index (χ3n) is 5.74. The van der Waals surface area contributed by atoms with E-state index in [1.807, 2.05) is 13.1 Å². The van der Waals surface area contributed by atoms with Crippen molar-refractivity contribution in [2.45, 2.75) is 19.9 Å². The van der Waals surface area contributed by atoms with Crippen molar-refractivity contribution in [3.63, 3.8) is 0 Å². The van der Waals surface area contributed by atoms with Crippen LogP contribution in [0.1, 0.15) is 35.3 Å². The van der Waals surface area contributed by atoms with Crippen LogP contribution in [0.15, 0.2) is 65.0 Å². The van der Waals surface area contributed by atoms with E-state index in [2.05, 4.69) is 10.1 Å². The molecule has 0 amide bonds. The number of hydrogen-bond acceptors (Lipinski definition) is 5. The summed E-state index contributed by atoms with van der Waals surface area (Å²) in [5.74, 6) is 1.84. The number of aromatic nitrogens is 3. The molecule has 11 heteroatoms. The van der Waals surface area contributed by atoms with Crippen LogP contribution in [-0.2, 0) is 0 Å². The molecule has 2 aromatic heterocycles. The largest absolute Gasteiger partial charge is 0.495 e. The molecule has 0 saturated carbocycles. The first-order valence-electron chi connectivity index (χ1n) is 10.7. The highest BCUT2D eigenvalue weighted by molar-refractivity contribution is 6.31. The second-order valence-corrected chi connectivity index (χ2v) is 8.48. The molecular weight excluding hydrogens is 495 g/mol. The first kappa shape index (κ1) is 25.1. The number of nitrogens with zero attached hydrogens (tertiary/aromatic N) is 4. The standard InChI is InChI=1S/C25H21ClF3N5O2/c1-13-10-33(12-31-13)21-5-4-15(8-22(21)36-3)24(32-30)18-9-17(26)11-34(25(18)35)14(2)16-6-19(27)23(29)20(28)7-16/h4-12,14H,30H2,1-3H3/b32-24+. The summed E-state index contributed by atoms with van der Waals surface area (Å²) in [6.45, 7) is 3.38. The number of halogens is 4. The maximum atomic E-state index is 13.8. The van der Waals surface area contributed by atoms with E-state index in [9.17, 15) is 18.0 Å². The lowest BCUT2D eigenvalue weighted by molar-refractivity contribution is 0.413. The Hall–Kier alpha value is -4.05. The molecule has 0 aliphatic heterocycles. The average Bonchev–Trinajstić information content (AvgIpc) is 3.29. The first-order valence-corrected chi connectivity index (χ1v) is 11.1. The SMILES string of the molecule is COc1cc(/C(=N\N)c2cc(Cl)cn(C(C)c3cc(F)c(F)c(F)c3)c2=O)ccc1-n1cnc(C)c1. The fraction of sp³-hybridized carbons (Fsp3) is 0.160. The van der Waals surface area contributed by atoms with Gasteiger partial charge in [0.15, 0.2) is 17.5 Å². The molecule has 1 atom stereocenters. The highest BCUT2D eigenvalue weighted by Crippen LogP contribution is 2.27.